The van der Waals surface area contributed by atoms with Gasteiger partial charge in [0, 0.05) is 38.9 Å². The minimum Gasteiger partial charge on any atom is -0.507 e. The van der Waals surface area contributed by atoms with Crippen molar-refractivity contribution < 1.29 is 24.1 Å². The van der Waals surface area contributed by atoms with E-state index in [1.54, 1.807) is 18.3 Å². The molecule has 0 radical (unpaired) electrons. The zero-order chi connectivity index (χ0) is 17.2. The summed E-state index contributed by atoms with van der Waals surface area (Å²) >= 11 is 0. The van der Waals surface area contributed by atoms with Crippen molar-refractivity contribution in [2.45, 2.75) is 6.54 Å². The lowest BCUT2D eigenvalue weighted by Gasteiger charge is -2.27. The molecule has 25 heavy (non-hydrogen) atoms. The number of hydrogen-bond acceptors (Lipinski definition) is 7. The number of ether oxygens (including phenoxy) is 3. The van der Waals surface area contributed by atoms with Crippen molar-refractivity contribution in [3.63, 3.8) is 0 Å². The predicted octanol–water partition coefficient (Wildman–Crippen LogP) is 0.973. The number of Topliss-reactive ketones (excluding diaryl/α,β-unsaturated/α-hetero) is 1. The molecule has 2 saturated heterocycles. The van der Waals surface area contributed by atoms with Gasteiger partial charge >= 0.3 is 0 Å². The van der Waals surface area contributed by atoms with Gasteiger partial charge in [-0.3, -0.25) is 9.69 Å². The first kappa shape index (κ1) is 16.4. The number of allylic oxidation sites excluding steroid dienone is 1. The topological polar surface area (TPSA) is 71.5 Å². The van der Waals surface area contributed by atoms with E-state index in [1.807, 2.05) is 4.90 Å². The second-order valence-electron chi connectivity index (χ2n) is 6.40. The summed E-state index contributed by atoms with van der Waals surface area (Å²) in [5.74, 6) is 0.817. The van der Waals surface area contributed by atoms with Gasteiger partial charge in [-0.2, -0.15) is 0 Å². The molecule has 0 aromatic heterocycles. The van der Waals surface area contributed by atoms with Gasteiger partial charge in [0.2, 0.25) is 5.78 Å². The molecule has 0 spiro atoms. The second kappa shape index (κ2) is 7.03. The highest BCUT2D eigenvalue weighted by molar-refractivity contribution is 6.12. The Bertz CT molecular complexity index is 691. The van der Waals surface area contributed by atoms with Crippen molar-refractivity contribution in [3.05, 3.63) is 35.2 Å². The van der Waals surface area contributed by atoms with Gasteiger partial charge in [-0.15, -0.1) is 0 Å². The van der Waals surface area contributed by atoms with Crippen molar-refractivity contribution in [1.82, 2.24) is 9.80 Å². The number of phenols is 1. The fraction of sp³-hybridized carbons (Fsp3) is 0.500. The first-order valence-corrected chi connectivity index (χ1v) is 8.63. The van der Waals surface area contributed by atoms with Crippen molar-refractivity contribution in [2.75, 3.05) is 52.6 Å². The molecule has 0 aliphatic carbocycles. The fourth-order valence-electron chi connectivity index (χ4n) is 3.29. The molecule has 0 amide bonds. The third-order valence-corrected chi connectivity index (χ3v) is 4.75. The summed E-state index contributed by atoms with van der Waals surface area (Å²) in [6.45, 7) is 6.26. The first-order valence-electron chi connectivity index (χ1n) is 8.63. The van der Waals surface area contributed by atoms with E-state index in [4.69, 9.17) is 14.2 Å². The smallest absolute Gasteiger partial charge is 0.233 e. The Kier molecular flexibility index (Phi) is 4.61. The van der Waals surface area contributed by atoms with Crippen LogP contribution in [-0.2, 0) is 16.0 Å². The molecule has 134 valence electrons. The van der Waals surface area contributed by atoms with Crippen LogP contribution in [0.2, 0.25) is 0 Å². The quantitative estimate of drug-likeness (QED) is 0.818. The standard InChI is InChI=1S/C18H22N2O5/c21-15-2-1-13-17(22)16(12-20-5-9-24-10-6-20)25-18(13)14(15)11-19-3-7-23-8-4-19/h1-2,12,21H,3-11H2. The van der Waals surface area contributed by atoms with Crippen LogP contribution in [0.3, 0.4) is 0 Å². The normalized spacial score (nSPS) is 23.0. The highest BCUT2D eigenvalue weighted by Crippen LogP contribution is 2.39. The minimum absolute atomic E-state index is 0.135. The summed E-state index contributed by atoms with van der Waals surface area (Å²) in [7, 11) is 0. The lowest BCUT2D eigenvalue weighted by Crippen LogP contribution is -2.35. The largest absolute Gasteiger partial charge is 0.507 e. The van der Waals surface area contributed by atoms with Gasteiger partial charge in [0.1, 0.15) is 11.5 Å². The van der Waals surface area contributed by atoms with E-state index in [9.17, 15) is 9.90 Å². The Morgan fingerprint density at radius 1 is 1.04 bits per heavy atom. The number of aromatic hydroxyl groups is 1. The fourth-order valence-corrected chi connectivity index (χ4v) is 3.29. The number of rotatable bonds is 3. The maximum absolute atomic E-state index is 12.7. The molecule has 4 rings (SSSR count). The Labute approximate surface area is 146 Å². The van der Waals surface area contributed by atoms with E-state index < -0.39 is 0 Å². The van der Waals surface area contributed by atoms with E-state index in [0.29, 0.717) is 55.6 Å². The average molecular weight is 346 g/mol. The number of phenolic OH excluding ortho intramolecular Hbond substituents is 1. The maximum atomic E-state index is 12.7. The molecule has 0 unspecified atom stereocenters. The molecule has 1 N–H and O–H groups in total. The lowest BCUT2D eigenvalue weighted by atomic mass is 10.0. The van der Waals surface area contributed by atoms with Crippen LogP contribution in [-0.4, -0.2) is 73.3 Å². The third-order valence-electron chi connectivity index (χ3n) is 4.75. The van der Waals surface area contributed by atoms with E-state index in [2.05, 4.69) is 4.90 Å². The number of carbonyl (C=O) groups is 1. The zero-order valence-electron chi connectivity index (χ0n) is 14.1. The Morgan fingerprint density at radius 2 is 1.72 bits per heavy atom. The molecule has 0 saturated carbocycles. The molecule has 1 aromatic rings. The molecular weight excluding hydrogens is 324 g/mol. The van der Waals surface area contributed by atoms with E-state index in [-0.39, 0.29) is 11.5 Å². The summed E-state index contributed by atoms with van der Waals surface area (Å²) in [4.78, 5) is 16.9. The van der Waals surface area contributed by atoms with Gasteiger partial charge in [-0.05, 0) is 12.1 Å². The average Bonchev–Trinajstić information content (AvgIpc) is 2.95. The Morgan fingerprint density at radius 3 is 2.44 bits per heavy atom. The van der Waals surface area contributed by atoms with Gasteiger partial charge in [0.05, 0.1) is 37.6 Å². The van der Waals surface area contributed by atoms with Crippen LogP contribution in [0, 0.1) is 0 Å². The summed E-state index contributed by atoms with van der Waals surface area (Å²) in [5, 5.41) is 10.3. The maximum Gasteiger partial charge on any atom is 0.233 e. The molecular formula is C18H22N2O5. The van der Waals surface area contributed by atoms with E-state index >= 15 is 0 Å². The van der Waals surface area contributed by atoms with Crippen molar-refractivity contribution in [2.24, 2.45) is 0 Å². The Hall–Kier alpha value is -2.09. The zero-order valence-corrected chi connectivity index (χ0v) is 14.1. The third kappa shape index (κ3) is 3.35. The van der Waals surface area contributed by atoms with Crippen LogP contribution in [0.5, 0.6) is 11.5 Å². The molecule has 7 nitrogen and oxygen atoms in total. The summed E-state index contributed by atoms with van der Waals surface area (Å²) in [6.07, 6.45) is 1.76. The molecule has 0 bridgehead atoms. The van der Waals surface area contributed by atoms with Crippen molar-refractivity contribution in [1.29, 1.82) is 0 Å². The molecule has 3 aliphatic heterocycles. The van der Waals surface area contributed by atoms with Crippen LogP contribution < -0.4 is 4.74 Å². The van der Waals surface area contributed by atoms with Crippen LogP contribution in [0.25, 0.3) is 0 Å². The number of fused-ring (bicyclic) bond motifs is 1. The Balaban J connectivity index is 1.58. The van der Waals surface area contributed by atoms with Gasteiger partial charge < -0.3 is 24.2 Å². The van der Waals surface area contributed by atoms with Crippen LogP contribution >= 0.6 is 0 Å². The first-order chi connectivity index (χ1) is 12.2. The number of benzene rings is 1. The molecule has 1 aromatic carbocycles. The summed E-state index contributed by atoms with van der Waals surface area (Å²) in [5.41, 5.74) is 1.18. The highest BCUT2D eigenvalue weighted by atomic mass is 16.5. The van der Waals surface area contributed by atoms with Crippen molar-refractivity contribution >= 4 is 5.78 Å². The van der Waals surface area contributed by atoms with E-state index in [1.165, 1.54) is 0 Å². The summed E-state index contributed by atoms with van der Waals surface area (Å²) < 4.78 is 16.6. The molecule has 7 heteroatoms. The number of ketones is 1. The van der Waals surface area contributed by atoms with Crippen LogP contribution in [0.15, 0.2) is 24.1 Å². The number of carbonyl (C=O) groups excluding carboxylic acids is 1. The van der Waals surface area contributed by atoms with Crippen LogP contribution in [0.4, 0.5) is 0 Å². The molecule has 0 atom stereocenters. The van der Waals surface area contributed by atoms with Crippen molar-refractivity contribution in [3.8, 4) is 11.5 Å². The van der Waals surface area contributed by atoms with Crippen LogP contribution in [0.1, 0.15) is 15.9 Å². The van der Waals surface area contributed by atoms with E-state index in [0.717, 1.165) is 26.2 Å². The number of morpholine rings is 2. The predicted molar refractivity (Wildman–Crippen MR) is 89.6 cm³/mol. The molecule has 3 aliphatic rings. The summed E-state index contributed by atoms with van der Waals surface area (Å²) in [6, 6.07) is 3.21. The monoisotopic (exact) mass is 346 g/mol. The van der Waals surface area contributed by atoms with Gasteiger partial charge in [0.25, 0.3) is 0 Å². The number of nitrogens with zero attached hydrogens (tertiary/aromatic N) is 2. The molecule has 2 fully saturated rings. The lowest BCUT2D eigenvalue weighted by molar-refractivity contribution is 0.0336. The minimum atomic E-state index is -0.135. The number of hydrogen-bond donors (Lipinski definition) is 1. The SMILES string of the molecule is O=C1C(=CN2CCOCC2)Oc2c1ccc(O)c2CN1CCOCC1. The van der Waals surface area contributed by atoms with Gasteiger partial charge in [-0.25, -0.2) is 0 Å². The second-order valence-corrected chi connectivity index (χ2v) is 6.40. The van der Waals surface area contributed by atoms with Gasteiger partial charge in [0.15, 0.2) is 5.76 Å². The highest BCUT2D eigenvalue weighted by Gasteiger charge is 2.32. The van der Waals surface area contributed by atoms with Gasteiger partial charge in [-0.1, -0.05) is 0 Å². The molecule has 3 heterocycles.